The first-order valence-electron chi connectivity index (χ1n) is 7.62. The van der Waals surface area contributed by atoms with E-state index in [1.54, 1.807) is 0 Å². The van der Waals surface area contributed by atoms with Crippen LogP contribution in [0.25, 0.3) is 0 Å². The fourth-order valence-corrected chi connectivity index (χ4v) is 3.29. The van der Waals surface area contributed by atoms with Crippen LogP contribution in [0, 0.1) is 0 Å². The fraction of sp³-hybridized carbons (Fsp3) is 0.933. The second kappa shape index (κ2) is 5.80. The first-order valence-corrected chi connectivity index (χ1v) is 7.62. The summed E-state index contributed by atoms with van der Waals surface area (Å²) in [5, 5.41) is 3.49. The van der Waals surface area contributed by atoms with E-state index in [9.17, 15) is 4.79 Å². The number of methoxy groups -OCH3 is 1. The minimum Gasteiger partial charge on any atom is -0.468 e. The average Bonchev–Trinajstić information content (AvgIpc) is 3.13. The molecule has 1 aliphatic heterocycles. The van der Waals surface area contributed by atoms with Crippen LogP contribution in [0.1, 0.15) is 52.9 Å². The van der Waals surface area contributed by atoms with Crippen molar-refractivity contribution in [1.29, 1.82) is 0 Å². The van der Waals surface area contributed by atoms with E-state index < -0.39 is 5.54 Å². The molecule has 4 nitrogen and oxygen atoms in total. The van der Waals surface area contributed by atoms with Gasteiger partial charge in [-0.1, -0.05) is 6.92 Å². The first-order chi connectivity index (χ1) is 9.00. The lowest BCUT2D eigenvalue weighted by atomic mass is 10.00. The van der Waals surface area contributed by atoms with Crippen molar-refractivity contribution in [2.45, 2.75) is 76.5 Å². The molecule has 1 heterocycles. The van der Waals surface area contributed by atoms with Gasteiger partial charge in [-0.2, -0.15) is 0 Å². The first kappa shape index (κ1) is 14.8. The van der Waals surface area contributed by atoms with Gasteiger partial charge in [-0.15, -0.1) is 0 Å². The molecule has 0 bridgehead atoms. The maximum atomic E-state index is 12.2. The number of esters is 1. The summed E-state index contributed by atoms with van der Waals surface area (Å²) in [6, 6.07) is 1.68. The molecule has 1 saturated carbocycles. The van der Waals surface area contributed by atoms with E-state index in [0.717, 1.165) is 13.0 Å². The Labute approximate surface area is 116 Å². The fourth-order valence-electron chi connectivity index (χ4n) is 3.29. The Bertz CT molecular complexity index is 330. The summed E-state index contributed by atoms with van der Waals surface area (Å²) >= 11 is 0. The van der Waals surface area contributed by atoms with Gasteiger partial charge in [0.1, 0.15) is 5.54 Å². The van der Waals surface area contributed by atoms with Gasteiger partial charge in [-0.25, -0.2) is 0 Å². The summed E-state index contributed by atoms with van der Waals surface area (Å²) in [6.45, 7) is 7.26. The van der Waals surface area contributed by atoms with Crippen LogP contribution in [0.3, 0.4) is 0 Å². The molecule has 1 saturated heterocycles. The normalized spacial score (nSPS) is 31.2. The molecule has 2 rings (SSSR count). The Morgan fingerprint density at radius 2 is 2.05 bits per heavy atom. The lowest BCUT2D eigenvalue weighted by Crippen LogP contribution is -2.59. The molecule has 0 amide bonds. The van der Waals surface area contributed by atoms with Gasteiger partial charge in [0.2, 0.25) is 0 Å². The number of carbonyl (C=O) groups excluding carboxylic acids is 1. The third-order valence-corrected chi connectivity index (χ3v) is 4.66. The topological polar surface area (TPSA) is 41.6 Å². The smallest absolute Gasteiger partial charge is 0.327 e. The standard InChI is InChI=1S/C15H28N2O2/c1-5-13-9-6-11(2)17(13)10-15(3,14(18)19-4)16-12-7-8-12/h11-13,16H,5-10H2,1-4H3. The number of hydrogen-bond acceptors (Lipinski definition) is 4. The van der Waals surface area contributed by atoms with Gasteiger partial charge in [0.05, 0.1) is 7.11 Å². The van der Waals surface area contributed by atoms with Crippen LogP contribution >= 0.6 is 0 Å². The summed E-state index contributed by atoms with van der Waals surface area (Å²) in [4.78, 5) is 14.7. The van der Waals surface area contributed by atoms with Crippen molar-refractivity contribution in [1.82, 2.24) is 10.2 Å². The van der Waals surface area contributed by atoms with Crippen LogP contribution in [-0.2, 0) is 9.53 Å². The van der Waals surface area contributed by atoms with Crippen molar-refractivity contribution in [3.05, 3.63) is 0 Å². The molecule has 19 heavy (non-hydrogen) atoms. The molecule has 4 heteroatoms. The molecule has 0 spiro atoms. The second-order valence-electron chi connectivity index (χ2n) is 6.40. The van der Waals surface area contributed by atoms with Gasteiger partial charge in [0.25, 0.3) is 0 Å². The maximum Gasteiger partial charge on any atom is 0.327 e. The lowest BCUT2D eigenvalue weighted by molar-refractivity contribution is -0.149. The number of rotatable bonds is 6. The van der Waals surface area contributed by atoms with Crippen molar-refractivity contribution < 1.29 is 9.53 Å². The van der Waals surface area contributed by atoms with Gasteiger partial charge in [0, 0.05) is 24.7 Å². The number of hydrogen-bond donors (Lipinski definition) is 1. The predicted octanol–water partition coefficient (Wildman–Crippen LogP) is 1.93. The zero-order chi connectivity index (χ0) is 14.0. The van der Waals surface area contributed by atoms with Crippen LogP contribution in [0.4, 0.5) is 0 Å². The zero-order valence-electron chi connectivity index (χ0n) is 12.7. The van der Waals surface area contributed by atoms with Gasteiger partial charge in [0.15, 0.2) is 0 Å². The Hall–Kier alpha value is -0.610. The lowest BCUT2D eigenvalue weighted by Gasteiger charge is -2.37. The molecule has 1 N–H and O–H groups in total. The van der Waals surface area contributed by atoms with E-state index in [4.69, 9.17) is 4.74 Å². The highest BCUT2D eigenvalue weighted by atomic mass is 16.5. The van der Waals surface area contributed by atoms with Crippen molar-refractivity contribution in [3.63, 3.8) is 0 Å². The molecule has 0 aromatic rings. The number of nitrogens with one attached hydrogen (secondary N) is 1. The van der Waals surface area contributed by atoms with Gasteiger partial charge >= 0.3 is 5.97 Å². The molecule has 0 radical (unpaired) electrons. The Balaban J connectivity index is 2.07. The summed E-state index contributed by atoms with van der Waals surface area (Å²) in [5.41, 5.74) is -0.568. The molecule has 3 unspecified atom stereocenters. The SMILES string of the molecule is CCC1CCC(C)N1CC(C)(NC1CC1)C(=O)OC. The van der Waals surface area contributed by atoms with E-state index in [1.807, 2.05) is 6.92 Å². The largest absolute Gasteiger partial charge is 0.468 e. The second-order valence-corrected chi connectivity index (χ2v) is 6.40. The van der Waals surface area contributed by atoms with E-state index in [1.165, 1.54) is 32.8 Å². The average molecular weight is 268 g/mol. The monoisotopic (exact) mass is 268 g/mol. The summed E-state index contributed by atoms with van der Waals surface area (Å²) < 4.78 is 5.03. The third kappa shape index (κ3) is 3.29. The highest BCUT2D eigenvalue weighted by molar-refractivity contribution is 5.80. The quantitative estimate of drug-likeness (QED) is 0.748. The van der Waals surface area contributed by atoms with Crippen LogP contribution in [0.2, 0.25) is 0 Å². The predicted molar refractivity (Wildman–Crippen MR) is 76.1 cm³/mol. The Morgan fingerprint density at radius 1 is 1.37 bits per heavy atom. The Kier molecular flexibility index (Phi) is 4.51. The van der Waals surface area contributed by atoms with Gasteiger partial charge in [-0.3, -0.25) is 15.0 Å². The molecule has 110 valence electrons. The zero-order valence-corrected chi connectivity index (χ0v) is 12.7. The van der Waals surface area contributed by atoms with E-state index in [0.29, 0.717) is 18.1 Å². The minimum atomic E-state index is -0.568. The van der Waals surface area contributed by atoms with Crippen LogP contribution in [0.15, 0.2) is 0 Å². The van der Waals surface area contributed by atoms with Crippen LogP contribution < -0.4 is 5.32 Å². The number of likely N-dealkylation sites (tertiary alicyclic amines) is 1. The summed E-state index contributed by atoms with van der Waals surface area (Å²) in [6.07, 6.45) is 6.00. The molecular weight excluding hydrogens is 240 g/mol. The molecular formula is C15H28N2O2. The van der Waals surface area contributed by atoms with E-state index >= 15 is 0 Å². The minimum absolute atomic E-state index is 0.131. The maximum absolute atomic E-state index is 12.2. The van der Waals surface area contributed by atoms with Crippen molar-refractivity contribution in [2.24, 2.45) is 0 Å². The molecule has 2 aliphatic rings. The molecule has 0 aromatic heterocycles. The number of carbonyl (C=O) groups is 1. The van der Waals surface area contributed by atoms with Gasteiger partial charge < -0.3 is 4.74 Å². The number of nitrogens with zero attached hydrogens (tertiary/aromatic N) is 1. The number of ether oxygens (including phenoxy) is 1. The third-order valence-electron chi connectivity index (χ3n) is 4.66. The summed E-state index contributed by atoms with van der Waals surface area (Å²) in [5.74, 6) is -0.131. The highest BCUT2D eigenvalue weighted by Gasteiger charge is 2.43. The molecule has 1 aliphatic carbocycles. The Morgan fingerprint density at radius 3 is 2.58 bits per heavy atom. The van der Waals surface area contributed by atoms with Crippen molar-refractivity contribution in [3.8, 4) is 0 Å². The highest BCUT2D eigenvalue weighted by Crippen LogP contribution is 2.30. The summed E-state index contributed by atoms with van der Waals surface area (Å²) in [7, 11) is 1.49. The van der Waals surface area contributed by atoms with E-state index in [-0.39, 0.29) is 5.97 Å². The van der Waals surface area contributed by atoms with Crippen LogP contribution in [-0.4, -0.2) is 48.2 Å². The van der Waals surface area contributed by atoms with Gasteiger partial charge in [-0.05, 0) is 46.0 Å². The van der Waals surface area contributed by atoms with Crippen molar-refractivity contribution >= 4 is 5.97 Å². The van der Waals surface area contributed by atoms with Crippen molar-refractivity contribution in [2.75, 3.05) is 13.7 Å². The molecule has 0 aromatic carbocycles. The van der Waals surface area contributed by atoms with Crippen LogP contribution in [0.5, 0.6) is 0 Å². The molecule has 3 atom stereocenters. The van der Waals surface area contributed by atoms with E-state index in [2.05, 4.69) is 24.1 Å². The molecule has 2 fully saturated rings.